The largest absolute Gasteiger partial charge is 0.464 e. The van der Waals surface area contributed by atoms with Crippen LogP contribution in [0.3, 0.4) is 0 Å². The fourth-order valence-corrected chi connectivity index (χ4v) is 2.90. The van der Waals surface area contributed by atoms with E-state index in [4.69, 9.17) is 4.42 Å². The minimum Gasteiger partial charge on any atom is -0.464 e. The first-order chi connectivity index (χ1) is 11.9. The van der Waals surface area contributed by atoms with Crippen LogP contribution in [0.1, 0.15) is 6.42 Å². The minimum absolute atomic E-state index is 0.860. The zero-order valence-corrected chi connectivity index (χ0v) is 13.2. The van der Waals surface area contributed by atoms with Gasteiger partial charge in [-0.05, 0) is 18.6 Å². The van der Waals surface area contributed by atoms with Crippen LogP contribution < -0.4 is 0 Å². The third-order valence-corrected chi connectivity index (χ3v) is 4.04. The predicted octanol–water partition coefficient (Wildman–Crippen LogP) is 4.10. The van der Waals surface area contributed by atoms with E-state index in [2.05, 4.69) is 31.2 Å². The van der Waals surface area contributed by atoms with E-state index in [-0.39, 0.29) is 0 Å². The van der Waals surface area contributed by atoms with Gasteiger partial charge in [0.05, 0.1) is 12.6 Å². The summed E-state index contributed by atoms with van der Waals surface area (Å²) in [5, 5.41) is 0. The van der Waals surface area contributed by atoms with Crippen LogP contribution in [-0.2, 0) is 13.1 Å². The Kier molecular flexibility index (Phi) is 3.98. The molecule has 0 amide bonds. The molecule has 120 valence electrons. The lowest BCUT2D eigenvalue weighted by Gasteiger charge is -2.11. The van der Waals surface area contributed by atoms with Crippen molar-refractivity contribution in [3.8, 4) is 22.7 Å². The molecule has 0 spiro atoms. The highest BCUT2D eigenvalue weighted by Crippen LogP contribution is 2.31. The van der Waals surface area contributed by atoms with Crippen LogP contribution in [0.5, 0.6) is 0 Å². The van der Waals surface area contributed by atoms with E-state index in [1.807, 2.05) is 55.4 Å². The summed E-state index contributed by atoms with van der Waals surface area (Å²) in [6, 6.07) is 12.1. The van der Waals surface area contributed by atoms with Gasteiger partial charge < -0.3 is 13.6 Å². The molecule has 5 nitrogen and oxygen atoms in total. The van der Waals surface area contributed by atoms with Crippen molar-refractivity contribution >= 4 is 0 Å². The average Bonchev–Trinajstić information content (AvgIpc) is 3.37. The topological polar surface area (TPSA) is 48.8 Å². The maximum Gasteiger partial charge on any atom is 0.140 e. The number of hydrogen-bond donors (Lipinski definition) is 0. The van der Waals surface area contributed by atoms with Crippen molar-refractivity contribution in [2.45, 2.75) is 19.5 Å². The SMILES string of the molecule is c1coc(-c2ccccc2-c2nccn2CCCn2ccnc2)c1. The molecule has 5 heteroatoms. The second kappa shape index (κ2) is 6.58. The number of hydrogen-bond acceptors (Lipinski definition) is 3. The molecule has 0 atom stereocenters. The first-order valence-electron chi connectivity index (χ1n) is 8.02. The lowest BCUT2D eigenvalue weighted by molar-refractivity contribution is 0.566. The van der Waals surface area contributed by atoms with E-state index < -0.39 is 0 Å². The van der Waals surface area contributed by atoms with Gasteiger partial charge in [0.25, 0.3) is 0 Å². The fraction of sp³-hybridized carbons (Fsp3) is 0.158. The van der Waals surface area contributed by atoms with Gasteiger partial charge in [-0.25, -0.2) is 9.97 Å². The highest BCUT2D eigenvalue weighted by molar-refractivity contribution is 5.78. The van der Waals surface area contributed by atoms with Gasteiger partial charge in [-0.1, -0.05) is 24.3 Å². The summed E-state index contributed by atoms with van der Waals surface area (Å²) in [6.45, 7) is 1.84. The van der Waals surface area contributed by atoms with E-state index in [0.29, 0.717) is 0 Å². The van der Waals surface area contributed by atoms with Crippen LogP contribution in [0.15, 0.2) is 78.2 Å². The monoisotopic (exact) mass is 318 g/mol. The molecule has 0 fully saturated rings. The number of nitrogens with zero attached hydrogens (tertiary/aromatic N) is 4. The van der Waals surface area contributed by atoms with E-state index in [1.165, 1.54) is 0 Å². The zero-order valence-electron chi connectivity index (χ0n) is 13.2. The number of aromatic nitrogens is 4. The van der Waals surface area contributed by atoms with Gasteiger partial charge in [-0.15, -0.1) is 0 Å². The number of benzene rings is 1. The smallest absolute Gasteiger partial charge is 0.140 e. The Bertz CT molecular complexity index is 891. The molecule has 4 rings (SSSR count). The molecule has 1 aromatic carbocycles. The molecule has 3 aromatic heterocycles. The van der Waals surface area contributed by atoms with Gasteiger partial charge in [0.2, 0.25) is 0 Å². The second-order valence-electron chi connectivity index (χ2n) is 5.62. The maximum absolute atomic E-state index is 5.58. The molecule has 0 saturated heterocycles. The van der Waals surface area contributed by atoms with E-state index in [9.17, 15) is 0 Å². The van der Waals surface area contributed by atoms with Crippen LogP contribution in [-0.4, -0.2) is 19.1 Å². The molecule has 3 heterocycles. The normalized spacial score (nSPS) is 11.0. The van der Waals surface area contributed by atoms with Crippen LogP contribution in [0.4, 0.5) is 0 Å². The summed E-state index contributed by atoms with van der Waals surface area (Å²) in [4.78, 5) is 8.65. The molecule has 0 unspecified atom stereocenters. The van der Waals surface area contributed by atoms with Crippen molar-refractivity contribution in [1.29, 1.82) is 0 Å². The van der Waals surface area contributed by atoms with Crippen molar-refractivity contribution in [1.82, 2.24) is 19.1 Å². The van der Waals surface area contributed by atoms with Gasteiger partial charge >= 0.3 is 0 Å². The average molecular weight is 318 g/mol. The van der Waals surface area contributed by atoms with Gasteiger partial charge in [-0.2, -0.15) is 0 Å². The van der Waals surface area contributed by atoms with Crippen LogP contribution in [0, 0.1) is 0 Å². The lowest BCUT2D eigenvalue weighted by Crippen LogP contribution is -2.04. The Balaban J connectivity index is 1.59. The van der Waals surface area contributed by atoms with E-state index >= 15 is 0 Å². The molecule has 0 N–H and O–H groups in total. The Morgan fingerprint density at radius 3 is 2.62 bits per heavy atom. The lowest BCUT2D eigenvalue weighted by atomic mass is 10.0. The molecule has 0 aliphatic heterocycles. The summed E-state index contributed by atoms with van der Waals surface area (Å²) in [7, 11) is 0. The third-order valence-electron chi connectivity index (χ3n) is 4.04. The number of imidazole rings is 2. The van der Waals surface area contributed by atoms with Crippen LogP contribution >= 0.6 is 0 Å². The maximum atomic E-state index is 5.58. The Morgan fingerprint density at radius 1 is 0.917 bits per heavy atom. The number of aryl methyl sites for hydroxylation is 2. The quantitative estimate of drug-likeness (QED) is 0.538. The van der Waals surface area contributed by atoms with Crippen molar-refractivity contribution < 1.29 is 4.42 Å². The van der Waals surface area contributed by atoms with Gasteiger partial charge in [0, 0.05) is 49.0 Å². The molecular weight excluding hydrogens is 300 g/mol. The molecule has 0 aliphatic carbocycles. The van der Waals surface area contributed by atoms with E-state index in [0.717, 1.165) is 42.2 Å². The predicted molar refractivity (Wildman–Crippen MR) is 92.2 cm³/mol. The summed E-state index contributed by atoms with van der Waals surface area (Å²) < 4.78 is 9.86. The fourth-order valence-electron chi connectivity index (χ4n) is 2.90. The molecular formula is C19H18N4O. The van der Waals surface area contributed by atoms with E-state index in [1.54, 1.807) is 6.26 Å². The Hall–Kier alpha value is -3.08. The Labute approximate surface area is 140 Å². The molecule has 0 saturated carbocycles. The molecule has 0 bridgehead atoms. The van der Waals surface area contributed by atoms with Crippen molar-refractivity contribution in [2.24, 2.45) is 0 Å². The highest BCUT2D eigenvalue weighted by atomic mass is 16.3. The third kappa shape index (κ3) is 2.88. The van der Waals surface area contributed by atoms with Gasteiger partial charge in [0.1, 0.15) is 11.6 Å². The standard InChI is InChI=1S/C19H18N4O/c1-2-6-17(16(5-1)18-7-3-14-24-18)19-21-9-13-23(19)11-4-10-22-12-8-20-15-22/h1-3,5-9,12-15H,4,10-11H2. The van der Waals surface area contributed by atoms with Crippen LogP contribution in [0.2, 0.25) is 0 Å². The molecule has 0 radical (unpaired) electrons. The van der Waals surface area contributed by atoms with Gasteiger partial charge in [0.15, 0.2) is 0 Å². The molecule has 24 heavy (non-hydrogen) atoms. The second-order valence-corrected chi connectivity index (χ2v) is 5.62. The molecule has 0 aliphatic rings. The number of furan rings is 1. The van der Waals surface area contributed by atoms with Crippen molar-refractivity contribution in [2.75, 3.05) is 0 Å². The van der Waals surface area contributed by atoms with Crippen molar-refractivity contribution in [3.63, 3.8) is 0 Å². The van der Waals surface area contributed by atoms with Gasteiger partial charge in [-0.3, -0.25) is 0 Å². The summed E-state index contributed by atoms with van der Waals surface area (Å²) >= 11 is 0. The highest BCUT2D eigenvalue weighted by Gasteiger charge is 2.13. The van der Waals surface area contributed by atoms with Crippen molar-refractivity contribution in [3.05, 3.63) is 73.8 Å². The summed E-state index contributed by atoms with van der Waals surface area (Å²) in [6.07, 6.45) is 12.2. The van der Waals surface area contributed by atoms with Crippen LogP contribution in [0.25, 0.3) is 22.7 Å². The number of rotatable bonds is 6. The summed E-state index contributed by atoms with van der Waals surface area (Å²) in [5.41, 5.74) is 2.14. The Morgan fingerprint density at radius 2 is 1.83 bits per heavy atom. The first-order valence-corrected chi connectivity index (χ1v) is 8.02. The summed E-state index contributed by atoms with van der Waals surface area (Å²) in [5.74, 6) is 1.83. The first kappa shape index (κ1) is 14.5. The minimum atomic E-state index is 0.860. The zero-order chi connectivity index (χ0) is 16.2. The molecule has 4 aromatic rings.